The number of carbonyl (C=O) groups is 1. The predicted molar refractivity (Wildman–Crippen MR) is 60.2 cm³/mol. The van der Waals surface area contributed by atoms with E-state index >= 15 is 0 Å². The fourth-order valence-electron chi connectivity index (χ4n) is 1.97. The van der Waals surface area contributed by atoms with E-state index in [1.807, 2.05) is 0 Å². The highest BCUT2D eigenvalue weighted by atomic mass is 19.3. The van der Waals surface area contributed by atoms with Crippen molar-refractivity contribution in [1.82, 2.24) is 0 Å². The Kier molecular flexibility index (Phi) is 3.52. The number of benzene rings is 1. The zero-order valence-corrected chi connectivity index (χ0v) is 9.71. The van der Waals surface area contributed by atoms with Crippen LogP contribution in [0.1, 0.15) is 18.1 Å². The molecule has 94 valence electrons. The van der Waals surface area contributed by atoms with Crippen LogP contribution in [0.5, 0.6) is 0 Å². The number of rotatable bonds is 4. The highest BCUT2D eigenvalue weighted by Gasteiger charge is 2.57. The Morgan fingerprint density at radius 1 is 1.41 bits per heavy atom. The van der Waals surface area contributed by atoms with E-state index in [1.165, 1.54) is 12.1 Å². The number of carboxylic acids is 1. The molecular weight excluding hydrogens is 228 g/mol. The minimum absolute atomic E-state index is 0.0579. The van der Waals surface area contributed by atoms with E-state index in [-0.39, 0.29) is 5.56 Å². The van der Waals surface area contributed by atoms with Crippen molar-refractivity contribution in [2.24, 2.45) is 5.73 Å². The van der Waals surface area contributed by atoms with Gasteiger partial charge in [0, 0.05) is 13.5 Å². The third-order valence-electron chi connectivity index (χ3n) is 3.03. The number of carboxylic acid groups (broad SMARTS) is 1. The number of hydrogen-bond donors (Lipinski definition) is 2. The van der Waals surface area contributed by atoms with Crippen molar-refractivity contribution >= 4 is 5.97 Å². The number of halogens is 2. The second-order valence-corrected chi connectivity index (χ2v) is 4.12. The van der Waals surface area contributed by atoms with Crippen LogP contribution in [0, 0.1) is 6.92 Å². The van der Waals surface area contributed by atoms with Gasteiger partial charge in [-0.25, -0.2) is 8.78 Å². The molecule has 0 aliphatic heterocycles. The molecule has 3 N–H and O–H groups in total. The standard InChI is InChI=1S/C12H15F2NO2/c1-8-5-3-4-6-9(8)12(7-15,10(16)17)11(2,13)14/h3-6H,7,15H2,1-2H3,(H,16,17). The molecule has 1 aromatic rings. The lowest BCUT2D eigenvalue weighted by atomic mass is 9.73. The summed E-state index contributed by atoms with van der Waals surface area (Å²) in [5, 5.41) is 9.18. The van der Waals surface area contributed by atoms with Gasteiger partial charge in [0.2, 0.25) is 0 Å². The van der Waals surface area contributed by atoms with Gasteiger partial charge in [0.1, 0.15) is 0 Å². The van der Waals surface area contributed by atoms with Crippen molar-refractivity contribution in [3.63, 3.8) is 0 Å². The smallest absolute Gasteiger partial charge is 0.321 e. The van der Waals surface area contributed by atoms with Gasteiger partial charge < -0.3 is 10.8 Å². The van der Waals surface area contributed by atoms with Gasteiger partial charge in [-0.05, 0) is 18.1 Å². The molecule has 0 amide bonds. The van der Waals surface area contributed by atoms with E-state index in [1.54, 1.807) is 19.1 Å². The summed E-state index contributed by atoms with van der Waals surface area (Å²) in [5.41, 5.74) is 3.50. The molecule has 0 radical (unpaired) electrons. The largest absolute Gasteiger partial charge is 0.480 e. The van der Waals surface area contributed by atoms with Gasteiger partial charge in [0.05, 0.1) is 0 Å². The van der Waals surface area contributed by atoms with Gasteiger partial charge in [0.15, 0.2) is 5.41 Å². The molecule has 1 unspecified atom stereocenters. The number of hydrogen-bond acceptors (Lipinski definition) is 2. The lowest BCUT2D eigenvalue weighted by molar-refractivity contribution is -0.159. The average molecular weight is 243 g/mol. The molecule has 5 heteroatoms. The summed E-state index contributed by atoms with van der Waals surface area (Å²) < 4.78 is 27.4. The van der Waals surface area contributed by atoms with Crippen molar-refractivity contribution < 1.29 is 18.7 Å². The van der Waals surface area contributed by atoms with E-state index in [2.05, 4.69) is 0 Å². The van der Waals surface area contributed by atoms with Crippen LogP contribution >= 0.6 is 0 Å². The van der Waals surface area contributed by atoms with Crippen molar-refractivity contribution in [2.45, 2.75) is 25.2 Å². The SMILES string of the molecule is Cc1ccccc1C(CN)(C(=O)O)C(C)(F)F. The molecule has 0 fully saturated rings. The normalized spacial score (nSPS) is 15.4. The molecule has 0 aliphatic rings. The maximum Gasteiger partial charge on any atom is 0.321 e. The Morgan fingerprint density at radius 2 is 1.94 bits per heavy atom. The Balaban J connectivity index is 3.55. The Bertz CT molecular complexity index is 429. The second-order valence-electron chi connectivity index (χ2n) is 4.12. The van der Waals surface area contributed by atoms with E-state index in [4.69, 9.17) is 5.73 Å². The number of alkyl halides is 2. The first-order valence-corrected chi connectivity index (χ1v) is 5.14. The van der Waals surface area contributed by atoms with E-state index in [9.17, 15) is 18.7 Å². The number of aliphatic carboxylic acids is 1. The monoisotopic (exact) mass is 243 g/mol. The van der Waals surface area contributed by atoms with Crippen molar-refractivity contribution in [2.75, 3.05) is 6.54 Å². The Morgan fingerprint density at radius 3 is 2.29 bits per heavy atom. The van der Waals surface area contributed by atoms with Crippen LogP contribution in [0.2, 0.25) is 0 Å². The first-order chi connectivity index (χ1) is 7.77. The molecule has 0 bridgehead atoms. The lowest BCUT2D eigenvalue weighted by Crippen LogP contribution is -2.55. The molecule has 0 aliphatic carbocycles. The van der Waals surface area contributed by atoms with Crippen LogP contribution in [0.4, 0.5) is 8.78 Å². The van der Waals surface area contributed by atoms with E-state index in [0.717, 1.165) is 0 Å². The predicted octanol–water partition coefficient (Wildman–Crippen LogP) is 1.93. The van der Waals surface area contributed by atoms with Crippen LogP contribution in [0.15, 0.2) is 24.3 Å². The summed E-state index contributed by atoms with van der Waals surface area (Å²) in [7, 11) is 0. The van der Waals surface area contributed by atoms with Gasteiger partial charge in [0.25, 0.3) is 5.92 Å². The van der Waals surface area contributed by atoms with Gasteiger partial charge in [-0.1, -0.05) is 24.3 Å². The van der Waals surface area contributed by atoms with Gasteiger partial charge in [-0.2, -0.15) is 0 Å². The van der Waals surface area contributed by atoms with Crippen LogP contribution in [-0.2, 0) is 10.2 Å². The number of nitrogens with two attached hydrogens (primary N) is 1. The molecule has 0 saturated heterocycles. The lowest BCUT2D eigenvalue weighted by Gasteiger charge is -2.35. The molecule has 1 aromatic carbocycles. The molecule has 3 nitrogen and oxygen atoms in total. The first kappa shape index (κ1) is 13.6. The van der Waals surface area contributed by atoms with Crippen LogP contribution in [0.25, 0.3) is 0 Å². The van der Waals surface area contributed by atoms with Gasteiger partial charge >= 0.3 is 5.97 Å². The summed E-state index contributed by atoms with van der Waals surface area (Å²) in [6, 6.07) is 6.17. The summed E-state index contributed by atoms with van der Waals surface area (Å²) in [6.45, 7) is 1.52. The second kappa shape index (κ2) is 4.41. The minimum atomic E-state index is -3.44. The molecule has 1 atom stereocenters. The zero-order chi connectivity index (χ0) is 13.3. The summed E-state index contributed by atoms with van der Waals surface area (Å²) >= 11 is 0. The summed E-state index contributed by atoms with van der Waals surface area (Å²) in [6.07, 6.45) is 0. The fourth-order valence-corrected chi connectivity index (χ4v) is 1.97. The molecule has 0 aromatic heterocycles. The molecule has 17 heavy (non-hydrogen) atoms. The van der Waals surface area contributed by atoms with Crippen LogP contribution in [0.3, 0.4) is 0 Å². The van der Waals surface area contributed by atoms with Crippen molar-refractivity contribution in [3.8, 4) is 0 Å². The van der Waals surface area contributed by atoms with Crippen molar-refractivity contribution in [3.05, 3.63) is 35.4 Å². The average Bonchev–Trinajstić information content (AvgIpc) is 2.19. The maximum atomic E-state index is 13.7. The zero-order valence-electron chi connectivity index (χ0n) is 9.71. The third-order valence-corrected chi connectivity index (χ3v) is 3.03. The topological polar surface area (TPSA) is 63.3 Å². The highest BCUT2D eigenvalue weighted by Crippen LogP contribution is 2.40. The summed E-state index contributed by atoms with van der Waals surface area (Å²) in [4.78, 5) is 11.3. The Labute approximate surface area is 98.2 Å². The third kappa shape index (κ3) is 2.02. The first-order valence-electron chi connectivity index (χ1n) is 5.14. The van der Waals surface area contributed by atoms with Gasteiger partial charge in [-0.15, -0.1) is 0 Å². The maximum absolute atomic E-state index is 13.7. The fraction of sp³-hybridized carbons (Fsp3) is 0.417. The van der Waals surface area contributed by atoms with Crippen LogP contribution < -0.4 is 5.73 Å². The summed E-state index contributed by atoms with van der Waals surface area (Å²) in [5.74, 6) is -5.05. The molecular formula is C12H15F2NO2. The van der Waals surface area contributed by atoms with E-state index in [0.29, 0.717) is 12.5 Å². The molecule has 0 spiro atoms. The molecule has 0 heterocycles. The van der Waals surface area contributed by atoms with Gasteiger partial charge in [-0.3, -0.25) is 4.79 Å². The minimum Gasteiger partial charge on any atom is -0.480 e. The Hall–Kier alpha value is -1.49. The van der Waals surface area contributed by atoms with Crippen LogP contribution in [-0.4, -0.2) is 23.5 Å². The molecule has 0 saturated carbocycles. The van der Waals surface area contributed by atoms with Crippen molar-refractivity contribution in [1.29, 1.82) is 0 Å². The quantitative estimate of drug-likeness (QED) is 0.849. The highest BCUT2D eigenvalue weighted by molar-refractivity contribution is 5.84. The molecule has 1 rings (SSSR count). The number of aryl methyl sites for hydroxylation is 1. The van der Waals surface area contributed by atoms with E-state index < -0.39 is 23.9 Å².